The van der Waals surface area contributed by atoms with Gasteiger partial charge in [-0.2, -0.15) is 0 Å². The van der Waals surface area contributed by atoms with E-state index in [1.807, 2.05) is 0 Å². The first kappa shape index (κ1) is 26.8. The van der Waals surface area contributed by atoms with Gasteiger partial charge in [0.15, 0.2) is 12.6 Å². The molecule has 0 aromatic carbocycles. The molecule has 200 valence electrons. The number of ether oxygens (including phenoxy) is 5. The third-order valence-corrected chi connectivity index (χ3v) is 6.82. The minimum atomic E-state index is -1.73. The van der Waals surface area contributed by atoms with Gasteiger partial charge in [-0.25, -0.2) is 0 Å². The number of hydrogen-bond acceptors (Lipinski definition) is 14. The Morgan fingerprint density at radius 2 is 1.37 bits per heavy atom. The Bertz CT molecular complexity index is 775. The molecule has 0 radical (unpaired) electrons. The SMILES string of the molecule is OCC1=C[C@@H](O)[C@@H]2C=CO[C@@H](O[C@@H]3O[C@H](CO[C@@H]4O[C@H](CO)[C@@H](O)[C@H](O)[C@H]4O)[C@@H](O)[C@H](O)[C@H]3O)[C@H]12. The van der Waals surface area contributed by atoms with Crippen LogP contribution in [0, 0.1) is 11.8 Å². The second kappa shape index (κ2) is 11.0. The van der Waals surface area contributed by atoms with Crippen molar-refractivity contribution >= 4 is 0 Å². The van der Waals surface area contributed by atoms with Gasteiger partial charge in [-0.15, -0.1) is 0 Å². The summed E-state index contributed by atoms with van der Waals surface area (Å²) in [6.45, 7) is -1.53. The summed E-state index contributed by atoms with van der Waals surface area (Å²) >= 11 is 0. The van der Waals surface area contributed by atoms with Crippen molar-refractivity contribution in [3.05, 3.63) is 24.0 Å². The first-order chi connectivity index (χ1) is 16.7. The molecular weight excluding hydrogens is 476 g/mol. The van der Waals surface area contributed by atoms with E-state index in [2.05, 4.69) is 0 Å². The lowest BCUT2D eigenvalue weighted by atomic mass is 9.88. The summed E-state index contributed by atoms with van der Waals surface area (Å²) in [4.78, 5) is 0. The van der Waals surface area contributed by atoms with Gasteiger partial charge in [-0.1, -0.05) is 6.08 Å². The summed E-state index contributed by atoms with van der Waals surface area (Å²) in [6, 6.07) is 0. The highest BCUT2D eigenvalue weighted by atomic mass is 16.8. The van der Waals surface area contributed by atoms with Gasteiger partial charge in [0.1, 0.15) is 48.8 Å². The molecule has 4 rings (SSSR count). The first-order valence-corrected chi connectivity index (χ1v) is 11.3. The molecule has 1 aliphatic carbocycles. The van der Waals surface area contributed by atoms with Crippen molar-refractivity contribution in [2.75, 3.05) is 19.8 Å². The van der Waals surface area contributed by atoms with Gasteiger partial charge >= 0.3 is 0 Å². The fourth-order valence-corrected chi connectivity index (χ4v) is 4.76. The number of rotatable bonds is 7. The molecule has 0 aromatic rings. The summed E-state index contributed by atoms with van der Waals surface area (Å²) in [5.74, 6) is -1.04. The summed E-state index contributed by atoms with van der Waals surface area (Å²) in [5.41, 5.74) is 0.463. The van der Waals surface area contributed by atoms with Crippen LogP contribution in [0.3, 0.4) is 0 Å². The predicted octanol–water partition coefficient (Wildman–Crippen LogP) is -4.98. The van der Waals surface area contributed by atoms with Crippen LogP contribution in [0.2, 0.25) is 0 Å². The predicted molar refractivity (Wildman–Crippen MR) is 110 cm³/mol. The number of aliphatic hydroxyl groups excluding tert-OH is 9. The number of hydrogen-bond donors (Lipinski definition) is 9. The van der Waals surface area contributed by atoms with Crippen LogP contribution in [-0.4, -0.2) is 140 Å². The standard InChI is InChI=1S/C21H32O14/c22-4-7-3-9(24)8-1-2-31-19(12(7)8)35-21-18(30)16(28)14(26)11(34-21)6-32-20-17(29)15(27)13(25)10(5-23)33-20/h1-3,8-30H,4-6H2/t8-,9+,10+,11+,12+,13+,14+,15-,16-,17+,18+,19-,20+,21-/m0/s1. The van der Waals surface area contributed by atoms with Gasteiger partial charge in [0.25, 0.3) is 0 Å². The quantitative estimate of drug-likeness (QED) is 0.147. The van der Waals surface area contributed by atoms with E-state index in [1.165, 1.54) is 12.3 Å². The minimum absolute atomic E-state index is 0.361. The van der Waals surface area contributed by atoms with Gasteiger partial charge in [0.2, 0.25) is 6.29 Å². The zero-order chi connectivity index (χ0) is 25.4. The van der Waals surface area contributed by atoms with E-state index in [0.29, 0.717) is 5.57 Å². The molecule has 2 saturated heterocycles. The lowest BCUT2D eigenvalue weighted by Crippen LogP contribution is -2.62. The Labute approximate surface area is 199 Å². The average molecular weight is 508 g/mol. The average Bonchev–Trinajstić information content (AvgIpc) is 3.19. The Kier molecular flexibility index (Phi) is 8.44. The lowest BCUT2D eigenvalue weighted by molar-refractivity contribution is -0.352. The summed E-state index contributed by atoms with van der Waals surface area (Å²) in [5, 5.41) is 90.1. The molecule has 14 heteroatoms. The third kappa shape index (κ3) is 5.13. The van der Waals surface area contributed by atoms with E-state index in [-0.39, 0.29) is 6.61 Å². The maximum absolute atomic E-state index is 10.4. The highest BCUT2D eigenvalue weighted by molar-refractivity contribution is 5.25. The highest BCUT2D eigenvalue weighted by Gasteiger charge is 2.50. The molecule has 0 aromatic heterocycles. The smallest absolute Gasteiger partial charge is 0.209 e. The van der Waals surface area contributed by atoms with Crippen LogP contribution < -0.4 is 0 Å². The second-order valence-electron chi connectivity index (χ2n) is 9.01. The fourth-order valence-electron chi connectivity index (χ4n) is 4.76. The zero-order valence-electron chi connectivity index (χ0n) is 18.5. The van der Waals surface area contributed by atoms with Gasteiger partial charge in [0, 0.05) is 5.92 Å². The summed E-state index contributed by atoms with van der Waals surface area (Å²) in [7, 11) is 0. The van der Waals surface area contributed by atoms with Crippen molar-refractivity contribution in [2.45, 2.75) is 73.8 Å². The van der Waals surface area contributed by atoms with E-state index in [1.54, 1.807) is 6.08 Å². The van der Waals surface area contributed by atoms with Crippen LogP contribution in [-0.2, 0) is 23.7 Å². The van der Waals surface area contributed by atoms with Gasteiger partial charge in [-0.3, -0.25) is 0 Å². The summed E-state index contributed by atoms with van der Waals surface area (Å²) in [6.07, 6.45) is -13.1. The fraction of sp³-hybridized carbons (Fsp3) is 0.810. The molecule has 35 heavy (non-hydrogen) atoms. The second-order valence-corrected chi connectivity index (χ2v) is 9.01. The van der Waals surface area contributed by atoms with Crippen molar-refractivity contribution in [1.82, 2.24) is 0 Å². The third-order valence-electron chi connectivity index (χ3n) is 6.82. The molecule has 14 nitrogen and oxygen atoms in total. The van der Waals surface area contributed by atoms with E-state index < -0.39 is 98.9 Å². The molecule has 14 atom stereocenters. The van der Waals surface area contributed by atoms with Gasteiger partial charge in [0.05, 0.1) is 38.1 Å². The van der Waals surface area contributed by atoms with E-state index in [4.69, 9.17) is 23.7 Å². The minimum Gasteiger partial charge on any atom is -0.472 e. The van der Waals surface area contributed by atoms with Crippen LogP contribution >= 0.6 is 0 Å². The topological polar surface area (TPSA) is 228 Å². The maximum Gasteiger partial charge on any atom is 0.209 e. The molecule has 0 bridgehead atoms. The molecule has 2 fully saturated rings. The van der Waals surface area contributed by atoms with Crippen molar-refractivity contribution in [3.63, 3.8) is 0 Å². The van der Waals surface area contributed by atoms with Crippen LogP contribution in [0.1, 0.15) is 0 Å². The van der Waals surface area contributed by atoms with Crippen LogP contribution in [0.15, 0.2) is 24.0 Å². The molecule has 4 aliphatic rings. The van der Waals surface area contributed by atoms with Crippen LogP contribution in [0.25, 0.3) is 0 Å². The van der Waals surface area contributed by atoms with Crippen LogP contribution in [0.5, 0.6) is 0 Å². The molecule has 0 spiro atoms. The Morgan fingerprint density at radius 1 is 0.743 bits per heavy atom. The Morgan fingerprint density at radius 3 is 2.03 bits per heavy atom. The van der Waals surface area contributed by atoms with Crippen LogP contribution in [0.4, 0.5) is 0 Å². The Hall–Kier alpha value is -1.24. The molecule has 0 amide bonds. The number of aliphatic hydroxyl groups is 9. The monoisotopic (exact) mass is 508 g/mol. The lowest BCUT2D eigenvalue weighted by Gasteiger charge is -2.44. The largest absolute Gasteiger partial charge is 0.472 e. The normalized spacial score (nSPS) is 49.9. The molecule has 3 heterocycles. The maximum atomic E-state index is 10.4. The molecule has 9 N–H and O–H groups in total. The van der Waals surface area contributed by atoms with Crippen molar-refractivity contribution in [2.24, 2.45) is 11.8 Å². The van der Waals surface area contributed by atoms with Crippen molar-refractivity contribution in [3.8, 4) is 0 Å². The first-order valence-electron chi connectivity index (χ1n) is 11.3. The molecule has 0 unspecified atom stereocenters. The molecular formula is C21H32O14. The highest BCUT2D eigenvalue weighted by Crippen LogP contribution is 2.41. The van der Waals surface area contributed by atoms with Crippen molar-refractivity contribution < 1.29 is 69.6 Å². The van der Waals surface area contributed by atoms with Gasteiger partial charge < -0.3 is 69.6 Å². The van der Waals surface area contributed by atoms with E-state index in [9.17, 15) is 46.0 Å². The Balaban J connectivity index is 1.41. The van der Waals surface area contributed by atoms with Crippen molar-refractivity contribution in [1.29, 1.82) is 0 Å². The molecule has 0 saturated carbocycles. The summed E-state index contributed by atoms with van der Waals surface area (Å²) < 4.78 is 27.5. The van der Waals surface area contributed by atoms with E-state index in [0.717, 1.165) is 0 Å². The number of fused-ring (bicyclic) bond motifs is 1. The zero-order valence-corrected chi connectivity index (χ0v) is 18.5. The van der Waals surface area contributed by atoms with Gasteiger partial charge in [-0.05, 0) is 11.6 Å². The van der Waals surface area contributed by atoms with E-state index >= 15 is 0 Å². The molecule has 3 aliphatic heterocycles.